The first-order valence-electron chi connectivity index (χ1n) is 6.29. The zero-order valence-corrected chi connectivity index (χ0v) is 12.6. The van der Waals surface area contributed by atoms with Crippen LogP contribution in [0.25, 0.3) is 0 Å². The van der Waals surface area contributed by atoms with Crippen LogP contribution in [0.15, 0.2) is 28.7 Å². The Balaban J connectivity index is 2.45. The van der Waals surface area contributed by atoms with E-state index in [0.717, 1.165) is 19.3 Å². The van der Waals surface area contributed by atoms with Gasteiger partial charge in [-0.15, -0.1) is 0 Å². The highest BCUT2D eigenvalue weighted by molar-refractivity contribution is 9.10. The lowest BCUT2D eigenvalue weighted by Crippen LogP contribution is -2.18. The topological polar surface area (TPSA) is 20.2 Å². The molecule has 1 unspecified atom stereocenters. The third-order valence-corrected chi connectivity index (χ3v) is 4.04. The molecule has 0 bridgehead atoms. The van der Waals surface area contributed by atoms with Crippen LogP contribution in [-0.2, 0) is 6.42 Å². The largest absolute Gasteiger partial charge is 0.396 e. The molecule has 0 saturated heterocycles. The van der Waals surface area contributed by atoms with E-state index < -0.39 is 0 Å². The molecule has 0 fully saturated rings. The molecule has 0 radical (unpaired) electrons. The average molecular weight is 299 g/mol. The van der Waals surface area contributed by atoms with Crippen LogP contribution in [0.1, 0.15) is 39.2 Å². The summed E-state index contributed by atoms with van der Waals surface area (Å²) < 4.78 is 1.20. The molecule has 0 aliphatic carbocycles. The van der Waals surface area contributed by atoms with E-state index in [1.807, 2.05) is 6.07 Å². The highest BCUT2D eigenvalue weighted by atomic mass is 79.9. The van der Waals surface area contributed by atoms with Crippen molar-refractivity contribution in [1.82, 2.24) is 0 Å². The van der Waals surface area contributed by atoms with Gasteiger partial charge in [0.05, 0.1) is 0 Å². The maximum absolute atomic E-state index is 9.23. The number of rotatable bonds is 6. The zero-order chi connectivity index (χ0) is 12.9. The molecule has 0 aromatic heterocycles. The molecule has 0 amide bonds. The molecular weight excluding hydrogens is 276 g/mol. The van der Waals surface area contributed by atoms with Gasteiger partial charge in [0.1, 0.15) is 0 Å². The van der Waals surface area contributed by atoms with E-state index in [0.29, 0.717) is 5.92 Å². The maximum Gasteiger partial charge on any atom is 0.0482 e. The summed E-state index contributed by atoms with van der Waals surface area (Å²) in [5, 5.41) is 9.23. The first kappa shape index (κ1) is 14.7. The van der Waals surface area contributed by atoms with Crippen LogP contribution >= 0.6 is 15.9 Å². The van der Waals surface area contributed by atoms with Crippen molar-refractivity contribution >= 4 is 15.9 Å². The van der Waals surface area contributed by atoms with Gasteiger partial charge in [-0.1, -0.05) is 54.9 Å². The standard InChI is InChI=1S/C15H23BrO/c1-12(8-9-15(2,3)11-17)10-13-6-4-5-7-14(13)16/h4-7,12,17H,8-11H2,1-3H3. The van der Waals surface area contributed by atoms with E-state index in [1.54, 1.807) is 0 Å². The van der Waals surface area contributed by atoms with Crippen molar-refractivity contribution in [2.75, 3.05) is 6.61 Å². The summed E-state index contributed by atoms with van der Waals surface area (Å²) in [6.45, 7) is 6.80. The minimum atomic E-state index is 0.0577. The number of benzene rings is 1. The smallest absolute Gasteiger partial charge is 0.0482 e. The third kappa shape index (κ3) is 5.22. The Kier molecular flexibility index (Phi) is 5.68. The van der Waals surface area contributed by atoms with Gasteiger partial charge in [0.2, 0.25) is 0 Å². The van der Waals surface area contributed by atoms with Crippen molar-refractivity contribution in [3.8, 4) is 0 Å². The van der Waals surface area contributed by atoms with Gasteiger partial charge in [0.15, 0.2) is 0 Å². The Hall–Kier alpha value is -0.340. The first-order chi connectivity index (χ1) is 7.94. The van der Waals surface area contributed by atoms with Crippen molar-refractivity contribution in [3.05, 3.63) is 34.3 Å². The predicted molar refractivity (Wildman–Crippen MR) is 77.1 cm³/mol. The van der Waals surface area contributed by atoms with Gasteiger partial charge in [-0.2, -0.15) is 0 Å². The number of aliphatic hydroxyl groups excluding tert-OH is 1. The van der Waals surface area contributed by atoms with Crippen LogP contribution in [-0.4, -0.2) is 11.7 Å². The van der Waals surface area contributed by atoms with Crippen molar-refractivity contribution < 1.29 is 5.11 Å². The summed E-state index contributed by atoms with van der Waals surface area (Å²) in [7, 11) is 0. The Morgan fingerprint density at radius 3 is 2.53 bits per heavy atom. The molecule has 0 heterocycles. The summed E-state index contributed by atoms with van der Waals surface area (Å²) in [4.78, 5) is 0. The van der Waals surface area contributed by atoms with E-state index in [9.17, 15) is 5.11 Å². The van der Waals surface area contributed by atoms with Gasteiger partial charge in [-0.3, -0.25) is 0 Å². The van der Waals surface area contributed by atoms with Crippen LogP contribution in [0.2, 0.25) is 0 Å². The van der Waals surface area contributed by atoms with Gasteiger partial charge >= 0.3 is 0 Å². The molecule has 1 nitrogen and oxygen atoms in total. The molecular formula is C15H23BrO. The van der Waals surface area contributed by atoms with E-state index in [4.69, 9.17) is 0 Å². The maximum atomic E-state index is 9.23. The number of hydrogen-bond donors (Lipinski definition) is 1. The Labute approximate surface area is 113 Å². The lowest BCUT2D eigenvalue weighted by atomic mass is 9.84. The fourth-order valence-electron chi connectivity index (χ4n) is 1.86. The number of aliphatic hydroxyl groups is 1. The molecule has 0 aliphatic heterocycles. The summed E-state index contributed by atoms with van der Waals surface area (Å²) in [5.41, 5.74) is 1.43. The molecule has 1 aromatic carbocycles. The quantitative estimate of drug-likeness (QED) is 0.824. The fraction of sp³-hybridized carbons (Fsp3) is 0.600. The highest BCUT2D eigenvalue weighted by Crippen LogP contribution is 2.27. The molecule has 2 heteroatoms. The van der Waals surface area contributed by atoms with Gasteiger partial charge in [-0.05, 0) is 42.2 Å². The molecule has 17 heavy (non-hydrogen) atoms. The van der Waals surface area contributed by atoms with Crippen LogP contribution in [0.3, 0.4) is 0 Å². The molecule has 1 atom stereocenters. The molecule has 1 rings (SSSR count). The van der Waals surface area contributed by atoms with E-state index in [-0.39, 0.29) is 12.0 Å². The van der Waals surface area contributed by atoms with Crippen LogP contribution in [0.5, 0.6) is 0 Å². The third-order valence-electron chi connectivity index (χ3n) is 3.27. The minimum Gasteiger partial charge on any atom is -0.396 e. The predicted octanol–water partition coefficient (Wildman–Crippen LogP) is 4.43. The minimum absolute atomic E-state index is 0.0577. The number of halogens is 1. The molecule has 1 N–H and O–H groups in total. The van der Waals surface area contributed by atoms with Gasteiger partial charge < -0.3 is 5.11 Å². The summed E-state index contributed by atoms with van der Waals surface area (Å²) in [6.07, 6.45) is 3.34. The van der Waals surface area contributed by atoms with Crippen LogP contribution < -0.4 is 0 Å². The monoisotopic (exact) mass is 298 g/mol. The Bertz CT molecular complexity index is 347. The molecule has 0 saturated carbocycles. The lowest BCUT2D eigenvalue weighted by Gasteiger charge is -2.23. The van der Waals surface area contributed by atoms with Crippen molar-refractivity contribution in [2.45, 2.75) is 40.0 Å². The second-order valence-corrected chi connectivity index (χ2v) is 6.62. The van der Waals surface area contributed by atoms with E-state index in [2.05, 4.69) is 54.9 Å². The Morgan fingerprint density at radius 1 is 1.29 bits per heavy atom. The van der Waals surface area contributed by atoms with Crippen LogP contribution in [0.4, 0.5) is 0 Å². The van der Waals surface area contributed by atoms with Gasteiger partial charge in [-0.25, -0.2) is 0 Å². The van der Waals surface area contributed by atoms with Crippen molar-refractivity contribution in [3.63, 3.8) is 0 Å². The lowest BCUT2D eigenvalue weighted by molar-refractivity contribution is 0.142. The summed E-state index contributed by atoms with van der Waals surface area (Å²) >= 11 is 3.59. The zero-order valence-electron chi connectivity index (χ0n) is 11.0. The molecule has 1 aromatic rings. The fourth-order valence-corrected chi connectivity index (χ4v) is 2.30. The van der Waals surface area contributed by atoms with E-state index >= 15 is 0 Å². The SMILES string of the molecule is CC(CCC(C)(C)CO)Cc1ccccc1Br. The van der Waals surface area contributed by atoms with Crippen molar-refractivity contribution in [2.24, 2.45) is 11.3 Å². The average Bonchev–Trinajstić information content (AvgIpc) is 2.30. The highest BCUT2D eigenvalue weighted by Gasteiger charge is 2.17. The van der Waals surface area contributed by atoms with Crippen molar-refractivity contribution in [1.29, 1.82) is 0 Å². The Morgan fingerprint density at radius 2 is 1.94 bits per heavy atom. The second-order valence-electron chi connectivity index (χ2n) is 5.76. The van der Waals surface area contributed by atoms with Crippen LogP contribution in [0, 0.1) is 11.3 Å². The van der Waals surface area contributed by atoms with Gasteiger partial charge in [0, 0.05) is 11.1 Å². The van der Waals surface area contributed by atoms with Gasteiger partial charge in [0.25, 0.3) is 0 Å². The molecule has 0 spiro atoms. The number of hydrogen-bond acceptors (Lipinski definition) is 1. The molecule has 96 valence electrons. The first-order valence-corrected chi connectivity index (χ1v) is 7.08. The normalized spacial score (nSPS) is 13.7. The summed E-state index contributed by atoms with van der Waals surface area (Å²) in [6, 6.07) is 8.41. The summed E-state index contributed by atoms with van der Waals surface area (Å²) in [5.74, 6) is 0.652. The van der Waals surface area contributed by atoms with E-state index in [1.165, 1.54) is 10.0 Å². The molecule has 0 aliphatic rings. The second kappa shape index (κ2) is 6.55.